The summed E-state index contributed by atoms with van der Waals surface area (Å²) in [5.41, 5.74) is 0.824. The van der Waals surface area contributed by atoms with Gasteiger partial charge in [-0.1, -0.05) is 18.2 Å². The number of esters is 1. The Hall–Kier alpha value is -3.35. The van der Waals surface area contributed by atoms with E-state index in [0.717, 1.165) is 27.0 Å². The molecule has 0 aromatic heterocycles. The first-order chi connectivity index (χ1) is 12.6. The van der Waals surface area contributed by atoms with E-state index in [-0.39, 0.29) is 6.54 Å². The molecule has 1 fully saturated rings. The van der Waals surface area contributed by atoms with Crippen molar-refractivity contribution in [3.8, 4) is 5.75 Å². The number of ether oxygens (including phenoxy) is 2. The van der Waals surface area contributed by atoms with Gasteiger partial charge in [0, 0.05) is 19.2 Å². The quantitative estimate of drug-likeness (QED) is 0.655. The van der Waals surface area contributed by atoms with E-state index >= 15 is 0 Å². The molecule has 1 aliphatic rings. The minimum Gasteiger partial charge on any atom is -0.497 e. The molecule has 26 heavy (non-hydrogen) atoms. The van der Waals surface area contributed by atoms with Crippen molar-refractivity contribution in [2.75, 3.05) is 26.8 Å². The number of urea groups is 1. The van der Waals surface area contributed by atoms with Crippen LogP contribution >= 0.6 is 0 Å². The van der Waals surface area contributed by atoms with E-state index in [0.29, 0.717) is 6.54 Å². The summed E-state index contributed by atoms with van der Waals surface area (Å²) in [4.78, 5) is 35.9. The molecule has 0 spiro atoms. The van der Waals surface area contributed by atoms with Gasteiger partial charge in [-0.25, -0.2) is 9.59 Å². The summed E-state index contributed by atoms with van der Waals surface area (Å²) in [5, 5.41) is 4.55. The molecule has 134 valence electrons. The number of hydrogen-bond donors (Lipinski definition) is 1. The van der Waals surface area contributed by atoms with Crippen LogP contribution in [-0.2, 0) is 14.3 Å². The fourth-order valence-electron chi connectivity index (χ4n) is 2.61. The van der Waals surface area contributed by atoms with E-state index in [9.17, 15) is 14.4 Å². The Morgan fingerprint density at radius 1 is 1.19 bits per heavy atom. The molecule has 3 rings (SSSR count). The Morgan fingerprint density at radius 2 is 1.96 bits per heavy atom. The van der Waals surface area contributed by atoms with Gasteiger partial charge < -0.3 is 14.8 Å². The van der Waals surface area contributed by atoms with Crippen LogP contribution in [-0.4, -0.2) is 49.6 Å². The van der Waals surface area contributed by atoms with Gasteiger partial charge in [-0.15, -0.1) is 0 Å². The van der Waals surface area contributed by atoms with Gasteiger partial charge in [0.1, 0.15) is 5.75 Å². The molecular formula is C19H18N2O5. The highest BCUT2D eigenvalue weighted by molar-refractivity contribution is 5.97. The molecule has 0 aliphatic carbocycles. The lowest BCUT2D eigenvalue weighted by atomic mass is 10.1. The number of nitrogens with zero attached hydrogens (tertiary/aromatic N) is 1. The first-order valence-electron chi connectivity index (χ1n) is 8.07. The minimum absolute atomic E-state index is 0.285. The number of carbonyl (C=O) groups is 3. The standard InChI is InChI=1S/C19H18N2O5/c1-25-16-6-5-14-10-13(2-4-15(14)11-16)3-7-18(23)26-12-17(22)21-9-8-20-19(21)24/h2-7,10-11H,8-9,12H2,1H3,(H,20,24)/b7-3+. The van der Waals surface area contributed by atoms with Gasteiger partial charge in [-0.05, 0) is 40.6 Å². The van der Waals surface area contributed by atoms with Gasteiger partial charge in [-0.3, -0.25) is 9.69 Å². The lowest BCUT2D eigenvalue weighted by Gasteiger charge is -2.11. The number of rotatable bonds is 5. The lowest BCUT2D eigenvalue weighted by molar-refractivity contribution is -0.146. The lowest BCUT2D eigenvalue weighted by Crippen LogP contribution is -2.37. The van der Waals surface area contributed by atoms with Gasteiger partial charge in [0.05, 0.1) is 7.11 Å². The molecule has 1 saturated heterocycles. The number of imide groups is 1. The third-order valence-electron chi connectivity index (χ3n) is 3.98. The third kappa shape index (κ3) is 4.00. The molecule has 1 aliphatic heterocycles. The van der Waals surface area contributed by atoms with Gasteiger partial charge in [0.15, 0.2) is 6.61 Å². The van der Waals surface area contributed by atoms with Crippen molar-refractivity contribution in [3.05, 3.63) is 48.0 Å². The van der Waals surface area contributed by atoms with Crippen LogP contribution in [0, 0.1) is 0 Å². The van der Waals surface area contributed by atoms with Crippen LogP contribution in [0.5, 0.6) is 5.75 Å². The monoisotopic (exact) mass is 354 g/mol. The molecule has 0 radical (unpaired) electrons. The summed E-state index contributed by atoms with van der Waals surface area (Å²) in [6, 6.07) is 11.0. The molecule has 7 heteroatoms. The fraction of sp³-hybridized carbons (Fsp3) is 0.211. The number of amides is 3. The SMILES string of the molecule is COc1ccc2cc(/C=C/C(=O)OCC(=O)N3CCNC3=O)ccc2c1. The Labute approximate surface area is 150 Å². The number of fused-ring (bicyclic) bond motifs is 1. The summed E-state index contributed by atoms with van der Waals surface area (Å²) in [5.74, 6) is -0.407. The Kier molecular flexibility index (Phi) is 5.17. The molecule has 0 unspecified atom stereocenters. The van der Waals surface area contributed by atoms with E-state index < -0.39 is 24.5 Å². The summed E-state index contributed by atoms with van der Waals surface area (Å²) >= 11 is 0. The van der Waals surface area contributed by atoms with Crippen LogP contribution in [0.1, 0.15) is 5.56 Å². The van der Waals surface area contributed by atoms with E-state index in [1.54, 1.807) is 13.2 Å². The molecule has 0 atom stereocenters. The van der Waals surface area contributed by atoms with E-state index in [4.69, 9.17) is 9.47 Å². The highest BCUT2D eigenvalue weighted by Crippen LogP contribution is 2.22. The van der Waals surface area contributed by atoms with Gasteiger partial charge in [0.25, 0.3) is 5.91 Å². The third-order valence-corrected chi connectivity index (χ3v) is 3.98. The van der Waals surface area contributed by atoms with Crippen molar-refractivity contribution in [2.24, 2.45) is 0 Å². The maximum absolute atomic E-state index is 11.8. The average Bonchev–Trinajstić information content (AvgIpc) is 3.09. The van der Waals surface area contributed by atoms with Crippen LogP contribution in [0.2, 0.25) is 0 Å². The number of benzene rings is 2. The number of carbonyl (C=O) groups excluding carboxylic acids is 3. The normalized spacial score (nSPS) is 13.9. The van der Waals surface area contributed by atoms with Crippen LogP contribution in [0.4, 0.5) is 4.79 Å². The Balaban J connectivity index is 1.58. The van der Waals surface area contributed by atoms with Crippen LogP contribution in [0.3, 0.4) is 0 Å². The zero-order chi connectivity index (χ0) is 18.5. The van der Waals surface area contributed by atoms with Crippen LogP contribution < -0.4 is 10.1 Å². The largest absolute Gasteiger partial charge is 0.497 e. The minimum atomic E-state index is -0.646. The van der Waals surface area contributed by atoms with Gasteiger partial charge >= 0.3 is 12.0 Å². The predicted molar refractivity (Wildman–Crippen MR) is 95.6 cm³/mol. The molecule has 1 heterocycles. The van der Waals surface area contributed by atoms with Crippen molar-refractivity contribution in [1.82, 2.24) is 10.2 Å². The van der Waals surface area contributed by atoms with Gasteiger partial charge in [0.2, 0.25) is 0 Å². The summed E-state index contributed by atoms with van der Waals surface area (Å²) in [6.45, 7) is 0.229. The van der Waals surface area contributed by atoms with Crippen molar-refractivity contribution < 1.29 is 23.9 Å². The molecule has 1 N–H and O–H groups in total. The molecule has 0 saturated carbocycles. The second-order valence-corrected chi connectivity index (χ2v) is 5.69. The van der Waals surface area contributed by atoms with E-state index in [1.165, 1.54) is 6.08 Å². The summed E-state index contributed by atoms with van der Waals surface area (Å²) in [6.07, 6.45) is 2.86. The van der Waals surface area contributed by atoms with Crippen molar-refractivity contribution in [1.29, 1.82) is 0 Å². The molecule has 2 aromatic rings. The maximum Gasteiger partial charge on any atom is 0.331 e. The highest BCUT2D eigenvalue weighted by atomic mass is 16.5. The number of methoxy groups -OCH3 is 1. The van der Waals surface area contributed by atoms with Gasteiger partial charge in [-0.2, -0.15) is 0 Å². The van der Waals surface area contributed by atoms with Crippen molar-refractivity contribution in [2.45, 2.75) is 0 Å². The highest BCUT2D eigenvalue weighted by Gasteiger charge is 2.26. The molecular weight excluding hydrogens is 336 g/mol. The smallest absolute Gasteiger partial charge is 0.331 e. The second-order valence-electron chi connectivity index (χ2n) is 5.69. The number of nitrogens with one attached hydrogen (secondary N) is 1. The molecule has 2 aromatic carbocycles. The first-order valence-corrected chi connectivity index (χ1v) is 8.07. The maximum atomic E-state index is 11.8. The second kappa shape index (κ2) is 7.69. The van der Waals surface area contributed by atoms with Crippen LogP contribution in [0.15, 0.2) is 42.5 Å². The van der Waals surface area contributed by atoms with E-state index in [1.807, 2.05) is 36.4 Å². The number of hydrogen-bond acceptors (Lipinski definition) is 5. The fourth-order valence-corrected chi connectivity index (χ4v) is 2.61. The topological polar surface area (TPSA) is 84.9 Å². The van der Waals surface area contributed by atoms with E-state index in [2.05, 4.69) is 5.32 Å². The predicted octanol–water partition coefficient (Wildman–Crippen LogP) is 1.96. The average molecular weight is 354 g/mol. The summed E-state index contributed by atoms with van der Waals surface area (Å²) in [7, 11) is 1.62. The summed E-state index contributed by atoms with van der Waals surface area (Å²) < 4.78 is 10.1. The molecule has 3 amide bonds. The van der Waals surface area contributed by atoms with Crippen molar-refractivity contribution in [3.63, 3.8) is 0 Å². The Bertz CT molecular complexity index is 891. The zero-order valence-electron chi connectivity index (χ0n) is 14.2. The van der Waals surface area contributed by atoms with Crippen molar-refractivity contribution >= 4 is 34.8 Å². The van der Waals surface area contributed by atoms with Crippen LogP contribution in [0.25, 0.3) is 16.8 Å². The first kappa shape index (κ1) is 17.5. The zero-order valence-corrected chi connectivity index (χ0v) is 14.2. The molecule has 0 bridgehead atoms. The Morgan fingerprint density at radius 3 is 2.69 bits per heavy atom. The molecule has 7 nitrogen and oxygen atoms in total.